The minimum atomic E-state index is -0.0934. The molecule has 20 rings (SSSR count). The lowest BCUT2D eigenvalue weighted by Crippen LogP contribution is -2.16. The molecule has 0 amide bonds. The molecular weight excluding hydrogens is 1730 g/mol. The highest BCUT2D eigenvalue weighted by atomic mass is 127. The zero-order valence-electron chi connectivity index (χ0n) is 61.6. The third kappa shape index (κ3) is 13.9. The van der Waals surface area contributed by atoms with E-state index in [1.807, 2.05) is 6.07 Å². The molecule has 3 aliphatic carbocycles. The molecule has 0 atom stereocenters. The van der Waals surface area contributed by atoms with Gasteiger partial charge in [-0.05, 0) is 274 Å². The zero-order chi connectivity index (χ0) is 75.7. The normalized spacial score (nSPS) is 12.8. The molecule has 0 saturated carbocycles. The van der Waals surface area contributed by atoms with E-state index in [9.17, 15) is 0 Å². The van der Waals surface area contributed by atoms with Gasteiger partial charge in [0.2, 0.25) is 0 Å². The number of nitrogens with zero attached hydrogens (tertiary/aromatic N) is 3. The summed E-state index contributed by atoms with van der Waals surface area (Å²) in [5.41, 5.74) is 36.3. The predicted octanol–water partition coefficient (Wildman–Crippen LogP) is 31.6. The summed E-state index contributed by atoms with van der Waals surface area (Å²) in [5, 5.41) is 2.47. The molecule has 536 valence electrons. The van der Waals surface area contributed by atoms with E-state index in [0.717, 1.165) is 58.4 Å². The van der Waals surface area contributed by atoms with E-state index in [0.29, 0.717) is 0 Å². The van der Waals surface area contributed by atoms with Gasteiger partial charge < -0.3 is 14.4 Å². The average molecular weight is 1800 g/mol. The van der Waals surface area contributed by atoms with Crippen molar-refractivity contribution in [2.24, 2.45) is 0 Å². The Kier molecular flexibility index (Phi) is 19.5. The smallest absolute Gasteiger partial charge is 0.0541 e. The summed E-state index contributed by atoms with van der Waals surface area (Å²) in [4.78, 5) is 4.79. The maximum Gasteiger partial charge on any atom is 0.0541 e. The van der Waals surface area contributed by atoms with Crippen molar-refractivity contribution in [3.63, 3.8) is 0 Å². The van der Waals surface area contributed by atoms with Gasteiger partial charge in [-0.15, -0.1) is 0 Å². The first kappa shape index (κ1) is 72.1. The first-order valence-electron chi connectivity index (χ1n) is 37.5. The molecule has 17 aromatic rings. The van der Waals surface area contributed by atoms with Crippen LogP contribution in [0.4, 0.5) is 34.1 Å². The summed E-state index contributed by atoms with van der Waals surface area (Å²) in [6.07, 6.45) is 1.02. The second-order valence-corrected chi connectivity index (χ2v) is 34.8. The van der Waals surface area contributed by atoms with Crippen LogP contribution in [0, 0.1) is 3.57 Å². The van der Waals surface area contributed by atoms with Gasteiger partial charge in [0, 0.05) is 82.9 Å². The molecule has 0 N–H and O–H groups in total. The van der Waals surface area contributed by atoms with E-state index in [2.05, 4.69) is 486 Å². The standard InChI is InChI=1S/C51H36Br2N2.C46H35N.C6H3Br2I/c1-51(2)47-14-8-6-12-43(47)44-26-25-41(32-48(44)51)54(39-21-16-34(17-22-39)33-10-4-3-5-11-33)40-23-18-35(19-24-40)36-20-27-50-46(28-36)45-13-7-9-15-49(45)55(50)42-30-37(52)29-38(53)31-42;1-46(2)44-15-9-8-14-41(44)42-27-26-39(30-45(42)46)47(37-22-18-32(19-23-37)31-10-4-3-5-11-31)38-24-20-33(21-25-38)34-16-17-36-28-35-12-6-7-13-40(35)43(36)29-34;7-4-1-5(8)3-6(9)2-4/h3-32H,1-2H3;3-27,29-30H,28H2,1-2H3;1-3H. The van der Waals surface area contributed by atoms with Crippen LogP contribution in [-0.4, -0.2) is 4.57 Å². The molecule has 0 spiro atoms. The van der Waals surface area contributed by atoms with Gasteiger partial charge >= 0.3 is 0 Å². The topological polar surface area (TPSA) is 11.4 Å². The Morgan fingerprint density at radius 1 is 0.261 bits per heavy atom. The summed E-state index contributed by atoms with van der Waals surface area (Å²) >= 11 is 16.4. The molecule has 0 bridgehead atoms. The molecule has 1 heterocycles. The molecule has 0 saturated heterocycles. The Morgan fingerprint density at radius 3 is 1.10 bits per heavy atom. The van der Waals surface area contributed by atoms with Gasteiger partial charge in [-0.2, -0.15) is 0 Å². The van der Waals surface area contributed by atoms with Crippen molar-refractivity contribution < 1.29 is 0 Å². The van der Waals surface area contributed by atoms with Crippen LogP contribution in [-0.2, 0) is 17.3 Å². The third-order valence-electron chi connectivity index (χ3n) is 22.4. The second-order valence-electron chi connectivity index (χ2n) is 29.9. The van der Waals surface area contributed by atoms with E-state index in [4.69, 9.17) is 0 Å². The third-order valence-corrected chi connectivity index (χ3v) is 24.9. The number of benzene rings is 16. The molecule has 16 aromatic carbocycles. The van der Waals surface area contributed by atoms with E-state index < -0.39 is 0 Å². The Hall–Kier alpha value is -10.4. The number of halogens is 5. The van der Waals surface area contributed by atoms with Crippen LogP contribution in [0.2, 0.25) is 0 Å². The minimum Gasteiger partial charge on any atom is -0.310 e. The summed E-state index contributed by atoms with van der Waals surface area (Å²) in [6, 6.07) is 133. The van der Waals surface area contributed by atoms with E-state index in [-0.39, 0.29) is 10.8 Å². The van der Waals surface area contributed by atoms with Gasteiger partial charge in [-0.25, -0.2) is 0 Å². The van der Waals surface area contributed by atoms with E-state index in [1.54, 1.807) is 0 Å². The van der Waals surface area contributed by atoms with Gasteiger partial charge in [-0.1, -0.05) is 322 Å². The Morgan fingerprint density at radius 2 is 0.613 bits per heavy atom. The Bertz CT molecular complexity index is 6340. The molecular formula is C103H74Br4IN3. The maximum atomic E-state index is 3.70. The Balaban J connectivity index is 0.000000141. The highest BCUT2D eigenvalue weighted by Crippen LogP contribution is 2.53. The fourth-order valence-corrected chi connectivity index (χ4v) is 21.0. The second kappa shape index (κ2) is 30.0. The molecule has 0 radical (unpaired) electrons. The van der Waals surface area contributed by atoms with Gasteiger partial charge in [0.1, 0.15) is 0 Å². The SMILES string of the molecule is Brc1cc(Br)cc(I)c1.CC1(C)c2ccccc2-c2ccc(N(c3ccc(-c4ccccc4)cc3)c3ccc(-c4ccc5c(c4)-c4ccccc4C5)cc3)cc21.CC1(C)c2ccccc2-c2ccc(N(c3ccc(-c4ccccc4)cc3)c3ccc(-c4ccc5c(c4)c4ccccc4n5-c4cc(Br)cc(Br)c4)cc3)cc21. The molecule has 8 heteroatoms. The molecule has 3 aliphatic rings. The average Bonchev–Trinajstić information content (AvgIpc) is 1.58. The van der Waals surface area contributed by atoms with Crippen LogP contribution in [0.1, 0.15) is 61.1 Å². The monoisotopic (exact) mass is 1800 g/mol. The summed E-state index contributed by atoms with van der Waals surface area (Å²) < 4.78 is 7.88. The number of hydrogen-bond donors (Lipinski definition) is 0. The fraction of sp³-hybridized carbons (Fsp3) is 0.0680. The van der Waals surface area contributed by atoms with E-state index in [1.165, 1.54) is 142 Å². The number of rotatable bonds is 11. The van der Waals surface area contributed by atoms with Crippen LogP contribution in [0.3, 0.4) is 0 Å². The highest BCUT2D eigenvalue weighted by molar-refractivity contribution is 14.1. The van der Waals surface area contributed by atoms with Gasteiger partial charge in [0.05, 0.1) is 11.0 Å². The van der Waals surface area contributed by atoms with Crippen molar-refractivity contribution in [2.45, 2.75) is 44.9 Å². The van der Waals surface area contributed by atoms with Crippen molar-refractivity contribution in [1.29, 1.82) is 0 Å². The minimum absolute atomic E-state index is 0.0686. The maximum absolute atomic E-state index is 3.70. The first-order chi connectivity index (χ1) is 54.1. The quantitative estimate of drug-likeness (QED) is 0.120. The van der Waals surface area contributed by atoms with Crippen LogP contribution in [0.5, 0.6) is 0 Å². The van der Waals surface area contributed by atoms with Crippen LogP contribution in [0.25, 0.3) is 105 Å². The van der Waals surface area contributed by atoms with Gasteiger partial charge in [0.15, 0.2) is 0 Å². The first-order valence-corrected chi connectivity index (χ1v) is 41.7. The van der Waals surface area contributed by atoms with Crippen molar-refractivity contribution in [3.05, 3.63) is 419 Å². The predicted molar refractivity (Wildman–Crippen MR) is 492 cm³/mol. The number of aromatic nitrogens is 1. The zero-order valence-corrected chi connectivity index (χ0v) is 70.1. The van der Waals surface area contributed by atoms with Gasteiger partial charge in [-0.3, -0.25) is 0 Å². The lowest BCUT2D eigenvalue weighted by Gasteiger charge is -2.28. The van der Waals surface area contributed by atoms with Crippen molar-refractivity contribution >= 4 is 142 Å². The lowest BCUT2D eigenvalue weighted by molar-refractivity contribution is 0.660. The van der Waals surface area contributed by atoms with E-state index >= 15 is 0 Å². The van der Waals surface area contributed by atoms with Crippen LogP contribution < -0.4 is 9.80 Å². The van der Waals surface area contributed by atoms with Crippen LogP contribution >= 0.6 is 86.3 Å². The lowest BCUT2D eigenvalue weighted by atomic mass is 9.82. The number of para-hydroxylation sites is 1. The fourth-order valence-electron chi connectivity index (χ4n) is 17.0. The van der Waals surface area contributed by atoms with Crippen molar-refractivity contribution in [3.8, 4) is 83.6 Å². The molecule has 0 unspecified atom stereocenters. The largest absolute Gasteiger partial charge is 0.310 e. The number of hydrogen-bond acceptors (Lipinski definition) is 2. The molecule has 0 fully saturated rings. The summed E-state index contributed by atoms with van der Waals surface area (Å²) in [7, 11) is 0. The summed E-state index contributed by atoms with van der Waals surface area (Å²) in [5.74, 6) is 0. The molecule has 111 heavy (non-hydrogen) atoms. The van der Waals surface area contributed by atoms with Crippen molar-refractivity contribution in [1.82, 2.24) is 4.57 Å². The molecule has 3 nitrogen and oxygen atoms in total. The van der Waals surface area contributed by atoms with Gasteiger partial charge in [0.25, 0.3) is 0 Å². The number of fused-ring (bicyclic) bond motifs is 12. The summed E-state index contributed by atoms with van der Waals surface area (Å²) in [6.45, 7) is 9.40. The highest BCUT2D eigenvalue weighted by Gasteiger charge is 2.37. The number of anilines is 6. The molecule has 1 aromatic heterocycles. The van der Waals surface area contributed by atoms with Crippen LogP contribution in [0.15, 0.2) is 382 Å². The Labute approximate surface area is 697 Å². The van der Waals surface area contributed by atoms with Crippen molar-refractivity contribution in [2.75, 3.05) is 9.80 Å². The molecule has 0 aliphatic heterocycles.